The van der Waals surface area contributed by atoms with Crippen LogP contribution in [0.5, 0.6) is 0 Å². The van der Waals surface area contributed by atoms with Crippen molar-refractivity contribution in [3.8, 4) is 0 Å². The lowest BCUT2D eigenvalue weighted by atomic mass is 10.0. The third-order valence-electron chi connectivity index (χ3n) is 3.88. The predicted octanol–water partition coefficient (Wildman–Crippen LogP) is -0.300. The quantitative estimate of drug-likeness (QED) is 0.776. The van der Waals surface area contributed by atoms with Gasteiger partial charge in [0.15, 0.2) is 0 Å². The Kier molecular flexibility index (Phi) is 5.22. The molecule has 2 rings (SSSR count). The van der Waals surface area contributed by atoms with Gasteiger partial charge in [0.05, 0.1) is 6.26 Å². The van der Waals surface area contributed by atoms with Crippen molar-refractivity contribution in [2.24, 2.45) is 5.92 Å². The summed E-state index contributed by atoms with van der Waals surface area (Å²) in [6.45, 7) is 3.88. The van der Waals surface area contributed by atoms with E-state index in [-0.39, 0.29) is 6.03 Å². The van der Waals surface area contributed by atoms with Crippen LogP contribution in [0.15, 0.2) is 0 Å². The van der Waals surface area contributed by atoms with Crippen LogP contribution in [-0.4, -0.2) is 75.8 Å². The molecule has 0 aliphatic carbocycles. The number of amides is 2. The Morgan fingerprint density at radius 1 is 1.20 bits per heavy atom. The zero-order valence-corrected chi connectivity index (χ0v) is 12.7. The smallest absolute Gasteiger partial charge is 0.317 e. The Morgan fingerprint density at radius 3 is 2.35 bits per heavy atom. The maximum Gasteiger partial charge on any atom is 0.317 e. The minimum Gasteiger partial charge on any atom is -0.381 e. The molecule has 2 aliphatic rings. The molecule has 0 unspecified atom stereocenters. The van der Waals surface area contributed by atoms with Gasteiger partial charge >= 0.3 is 6.03 Å². The second-order valence-electron chi connectivity index (χ2n) is 5.39. The lowest BCUT2D eigenvalue weighted by Crippen LogP contribution is -2.53. The van der Waals surface area contributed by atoms with E-state index in [0.29, 0.717) is 38.6 Å². The highest BCUT2D eigenvalue weighted by Crippen LogP contribution is 2.13. The van der Waals surface area contributed by atoms with Gasteiger partial charge < -0.3 is 15.0 Å². The van der Waals surface area contributed by atoms with Gasteiger partial charge in [0, 0.05) is 45.9 Å². The van der Waals surface area contributed by atoms with Crippen LogP contribution < -0.4 is 5.32 Å². The Balaban J connectivity index is 1.71. The average molecular weight is 305 g/mol. The van der Waals surface area contributed by atoms with Crippen molar-refractivity contribution in [1.82, 2.24) is 14.5 Å². The first kappa shape index (κ1) is 15.5. The van der Waals surface area contributed by atoms with E-state index in [4.69, 9.17) is 4.74 Å². The Bertz CT molecular complexity index is 426. The number of sulfonamides is 1. The summed E-state index contributed by atoms with van der Waals surface area (Å²) < 4.78 is 29.5. The predicted molar refractivity (Wildman–Crippen MR) is 74.9 cm³/mol. The van der Waals surface area contributed by atoms with Gasteiger partial charge in [-0.3, -0.25) is 0 Å². The molecule has 0 bridgehead atoms. The van der Waals surface area contributed by atoms with Crippen molar-refractivity contribution >= 4 is 16.1 Å². The number of carbonyl (C=O) groups is 1. The molecule has 0 aromatic rings. The number of piperazine rings is 1. The third kappa shape index (κ3) is 4.32. The number of hydrogen-bond acceptors (Lipinski definition) is 4. The molecule has 8 heteroatoms. The molecular weight excluding hydrogens is 282 g/mol. The van der Waals surface area contributed by atoms with Crippen molar-refractivity contribution in [1.29, 1.82) is 0 Å². The van der Waals surface area contributed by atoms with Crippen LogP contribution in [0.3, 0.4) is 0 Å². The summed E-state index contributed by atoms with van der Waals surface area (Å²) in [4.78, 5) is 13.7. The molecule has 2 amide bonds. The SMILES string of the molecule is CS(=O)(=O)N1CCN(C(=O)NCC2CCOCC2)CC1. The maximum atomic E-state index is 12.0. The van der Waals surface area contributed by atoms with Gasteiger partial charge in [-0.15, -0.1) is 0 Å². The fourth-order valence-corrected chi connectivity index (χ4v) is 3.34. The van der Waals surface area contributed by atoms with Crippen molar-refractivity contribution < 1.29 is 17.9 Å². The van der Waals surface area contributed by atoms with Crippen LogP contribution in [0.1, 0.15) is 12.8 Å². The van der Waals surface area contributed by atoms with Crippen LogP contribution >= 0.6 is 0 Å². The normalized spacial score (nSPS) is 22.8. The second-order valence-corrected chi connectivity index (χ2v) is 7.37. The molecule has 2 saturated heterocycles. The number of nitrogens with zero attached hydrogens (tertiary/aromatic N) is 2. The number of rotatable bonds is 3. The first-order valence-corrected chi connectivity index (χ1v) is 8.87. The minimum atomic E-state index is -3.14. The van der Waals surface area contributed by atoms with Gasteiger partial charge in [-0.1, -0.05) is 0 Å². The standard InChI is InChI=1S/C12H23N3O4S/c1-20(17,18)15-6-4-14(5-7-15)12(16)13-10-11-2-8-19-9-3-11/h11H,2-10H2,1H3,(H,13,16). The number of carbonyl (C=O) groups excluding carboxylic acids is 1. The van der Waals surface area contributed by atoms with Crippen LogP contribution in [0, 0.1) is 5.92 Å². The first-order valence-electron chi connectivity index (χ1n) is 7.02. The van der Waals surface area contributed by atoms with Crippen LogP contribution in [0.25, 0.3) is 0 Å². The molecule has 116 valence electrons. The Morgan fingerprint density at radius 2 is 1.80 bits per heavy atom. The average Bonchev–Trinajstić information content (AvgIpc) is 2.45. The summed E-state index contributed by atoms with van der Waals surface area (Å²) in [5, 5.41) is 2.94. The fraction of sp³-hybridized carbons (Fsp3) is 0.917. The molecule has 20 heavy (non-hydrogen) atoms. The van der Waals surface area contributed by atoms with Crippen molar-refractivity contribution in [3.63, 3.8) is 0 Å². The molecule has 7 nitrogen and oxygen atoms in total. The summed E-state index contributed by atoms with van der Waals surface area (Å²) in [5.41, 5.74) is 0. The fourth-order valence-electron chi connectivity index (χ4n) is 2.52. The van der Waals surface area contributed by atoms with Crippen molar-refractivity contribution in [2.45, 2.75) is 12.8 Å². The van der Waals surface area contributed by atoms with Gasteiger partial charge in [-0.25, -0.2) is 13.2 Å². The zero-order chi connectivity index (χ0) is 14.6. The van der Waals surface area contributed by atoms with E-state index in [1.54, 1.807) is 4.90 Å². The van der Waals surface area contributed by atoms with E-state index >= 15 is 0 Å². The van der Waals surface area contributed by atoms with Gasteiger partial charge in [0.1, 0.15) is 0 Å². The summed E-state index contributed by atoms with van der Waals surface area (Å²) >= 11 is 0. The lowest BCUT2D eigenvalue weighted by molar-refractivity contribution is 0.0662. The number of urea groups is 1. The highest BCUT2D eigenvalue weighted by atomic mass is 32.2. The minimum absolute atomic E-state index is 0.0929. The lowest BCUT2D eigenvalue weighted by Gasteiger charge is -2.33. The van der Waals surface area contributed by atoms with Gasteiger partial charge in [-0.2, -0.15) is 4.31 Å². The van der Waals surface area contributed by atoms with E-state index < -0.39 is 10.0 Å². The van der Waals surface area contributed by atoms with E-state index in [9.17, 15) is 13.2 Å². The van der Waals surface area contributed by atoms with E-state index in [1.165, 1.54) is 10.6 Å². The highest BCUT2D eigenvalue weighted by molar-refractivity contribution is 7.88. The Hall–Kier alpha value is -0.860. The highest BCUT2D eigenvalue weighted by Gasteiger charge is 2.26. The summed E-state index contributed by atoms with van der Waals surface area (Å²) in [5.74, 6) is 0.491. The van der Waals surface area contributed by atoms with Crippen molar-refractivity contribution in [3.05, 3.63) is 0 Å². The van der Waals surface area contributed by atoms with Crippen LogP contribution in [0.4, 0.5) is 4.79 Å². The molecule has 2 aliphatic heterocycles. The number of ether oxygens (including phenoxy) is 1. The monoisotopic (exact) mass is 305 g/mol. The van der Waals surface area contributed by atoms with E-state index in [0.717, 1.165) is 26.1 Å². The first-order chi connectivity index (χ1) is 9.47. The van der Waals surface area contributed by atoms with Gasteiger partial charge in [-0.05, 0) is 18.8 Å². The summed E-state index contributed by atoms with van der Waals surface area (Å²) in [6, 6.07) is -0.0929. The molecule has 0 radical (unpaired) electrons. The molecule has 0 aromatic carbocycles. The van der Waals surface area contributed by atoms with E-state index in [1.807, 2.05) is 0 Å². The van der Waals surface area contributed by atoms with E-state index in [2.05, 4.69) is 5.32 Å². The molecule has 0 aromatic heterocycles. The zero-order valence-electron chi connectivity index (χ0n) is 11.9. The number of hydrogen-bond donors (Lipinski definition) is 1. The molecule has 1 N–H and O–H groups in total. The van der Waals surface area contributed by atoms with Gasteiger partial charge in [0.25, 0.3) is 0 Å². The largest absolute Gasteiger partial charge is 0.381 e. The van der Waals surface area contributed by atoms with Gasteiger partial charge in [0.2, 0.25) is 10.0 Å². The maximum absolute atomic E-state index is 12.0. The topological polar surface area (TPSA) is 79.0 Å². The third-order valence-corrected chi connectivity index (χ3v) is 5.18. The van der Waals surface area contributed by atoms with Crippen LogP contribution in [0.2, 0.25) is 0 Å². The second kappa shape index (κ2) is 6.73. The van der Waals surface area contributed by atoms with Crippen molar-refractivity contribution in [2.75, 3.05) is 52.2 Å². The molecule has 0 spiro atoms. The molecule has 0 saturated carbocycles. The van der Waals surface area contributed by atoms with Crippen LogP contribution in [-0.2, 0) is 14.8 Å². The molecule has 2 fully saturated rings. The Labute approximate surface area is 120 Å². The molecular formula is C12H23N3O4S. The molecule has 0 atom stereocenters. The summed E-state index contributed by atoms with van der Waals surface area (Å²) in [7, 11) is -3.14. The summed E-state index contributed by atoms with van der Waals surface area (Å²) in [6.07, 6.45) is 3.18. The molecule has 2 heterocycles. The number of nitrogens with one attached hydrogen (secondary N) is 1.